The van der Waals surface area contributed by atoms with Crippen molar-refractivity contribution in [1.82, 2.24) is 0 Å². The molecule has 34 heavy (non-hydrogen) atoms. The van der Waals surface area contributed by atoms with E-state index in [0.29, 0.717) is 37.7 Å². The van der Waals surface area contributed by atoms with Crippen LogP contribution in [-0.2, 0) is 21.9 Å². The molecule has 0 aliphatic heterocycles. The van der Waals surface area contributed by atoms with E-state index in [-0.39, 0.29) is 24.3 Å². The van der Waals surface area contributed by atoms with Gasteiger partial charge in [-0.3, -0.25) is 0 Å². The average Bonchev–Trinajstić information content (AvgIpc) is 2.73. The van der Waals surface area contributed by atoms with Gasteiger partial charge in [0.05, 0.1) is 28.3 Å². The van der Waals surface area contributed by atoms with Gasteiger partial charge >= 0.3 is 5.97 Å². The van der Waals surface area contributed by atoms with Crippen LogP contribution in [0.25, 0.3) is 0 Å². The molecular formula is C25H24Br2FO5P. The molecule has 0 bridgehead atoms. The Kier molecular flexibility index (Phi) is 8.61. The molecule has 0 amide bonds. The molecule has 3 rings (SSSR count). The minimum Gasteiger partial charge on any atom is -0.508 e. The Balaban J connectivity index is 1.86. The number of aromatic hydroxyl groups is 1. The molecule has 0 saturated heterocycles. The van der Waals surface area contributed by atoms with Gasteiger partial charge in [0, 0.05) is 18.1 Å². The number of halogens is 3. The maximum atomic E-state index is 14.1. The molecule has 0 aromatic heterocycles. The SMILES string of the molecule is CCOC(=O)c1cc(Cc2cc(Oc3c(Br)cc(CP(C)(C)=O)cc3Br)ccc2O)ccc1F. The molecule has 0 unspecified atom stereocenters. The summed E-state index contributed by atoms with van der Waals surface area (Å²) >= 11 is 7.03. The Morgan fingerprint density at radius 2 is 1.71 bits per heavy atom. The van der Waals surface area contributed by atoms with Crippen molar-refractivity contribution < 1.29 is 28.3 Å². The highest BCUT2D eigenvalue weighted by molar-refractivity contribution is 9.11. The first-order chi connectivity index (χ1) is 16.0. The largest absolute Gasteiger partial charge is 0.508 e. The molecule has 5 nitrogen and oxygen atoms in total. The molecular weight excluding hydrogens is 590 g/mol. The van der Waals surface area contributed by atoms with E-state index in [0.717, 1.165) is 5.56 Å². The van der Waals surface area contributed by atoms with Crippen molar-refractivity contribution in [1.29, 1.82) is 0 Å². The van der Waals surface area contributed by atoms with Gasteiger partial charge in [0.15, 0.2) is 5.75 Å². The second-order valence-corrected chi connectivity index (χ2v) is 13.4. The van der Waals surface area contributed by atoms with E-state index in [4.69, 9.17) is 9.47 Å². The van der Waals surface area contributed by atoms with Crippen molar-refractivity contribution in [2.75, 3.05) is 19.9 Å². The summed E-state index contributed by atoms with van der Waals surface area (Å²) in [6, 6.07) is 12.8. The summed E-state index contributed by atoms with van der Waals surface area (Å²) in [7, 11) is -2.23. The van der Waals surface area contributed by atoms with Crippen LogP contribution in [0.15, 0.2) is 57.5 Å². The first-order valence-electron chi connectivity index (χ1n) is 10.4. The van der Waals surface area contributed by atoms with Crippen molar-refractivity contribution in [3.05, 3.63) is 85.5 Å². The topological polar surface area (TPSA) is 72.8 Å². The van der Waals surface area contributed by atoms with Gasteiger partial charge in [0.2, 0.25) is 0 Å². The highest BCUT2D eigenvalue weighted by atomic mass is 79.9. The van der Waals surface area contributed by atoms with Crippen LogP contribution in [-0.4, -0.2) is 31.0 Å². The van der Waals surface area contributed by atoms with Gasteiger partial charge in [-0.05, 0) is 106 Å². The second kappa shape index (κ2) is 11.1. The first kappa shape index (κ1) is 26.5. The van der Waals surface area contributed by atoms with E-state index in [1.165, 1.54) is 18.2 Å². The van der Waals surface area contributed by atoms with E-state index in [9.17, 15) is 18.9 Å². The zero-order valence-electron chi connectivity index (χ0n) is 18.9. The number of esters is 1. The van der Waals surface area contributed by atoms with Crippen LogP contribution in [0.5, 0.6) is 17.2 Å². The second-order valence-electron chi connectivity index (χ2n) is 8.22. The summed E-state index contributed by atoms with van der Waals surface area (Å²) in [4.78, 5) is 12.0. The maximum Gasteiger partial charge on any atom is 0.341 e. The quantitative estimate of drug-likeness (QED) is 0.208. The number of carbonyl (C=O) groups excluding carboxylic acids is 1. The third-order valence-corrected chi connectivity index (χ3v) is 7.12. The van der Waals surface area contributed by atoms with Crippen LogP contribution in [0.4, 0.5) is 4.39 Å². The van der Waals surface area contributed by atoms with Crippen LogP contribution < -0.4 is 4.74 Å². The highest BCUT2D eigenvalue weighted by Crippen LogP contribution is 2.44. The minimum absolute atomic E-state index is 0.0458. The van der Waals surface area contributed by atoms with Crippen LogP contribution in [0.3, 0.4) is 0 Å². The molecule has 9 heteroatoms. The van der Waals surface area contributed by atoms with Crippen molar-refractivity contribution in [3.63, 3.8) is 0 Å². The fourth-order valence-electron chi connectivity index (χ4n) is 3.39. The zero-order chi connectivity index (χ0) is 25.0. The highest BCUT2D eigenvalue weighted by Gasteiger charge is 2.17. The third kappa shape index (κ3) is 6.94. The molecule has 1 N–H and O–H groups in total. The zero-order valence-corrected chi connectivity index (χ0v) is 23.0. The van der Waals surface area contributed by atoms with E-state index >= 15 is 0 Å². The predicted molar refractivity (Wildman–Crippen MR) is 138 cm³/mol. The molecule has 180 valence electrons. The number of phenolic OH excluding ortho intramolecular Hbond substituents is 1. The molecule has 0 spiro atoms. The van der Waals surface area contributed by atoms with Crippen LogP contribution in [0, 0.1) is 5.82 Å². The van der Waals surface area contributed by atoms with Crippen molar-refractivity contribution in [2.45, 2.75) is 19.5 Å². The minimum atomic E-state index is -2.23. The fourth-order valence-corrected chi connectivity index (χ4v) is 5.90. The van der Waals surface area contributed by atoms with Gasteiger partial charge in [0.1, 0.15) is 17.3 Å². The normalized spacial score (nSPS) is 11.4. The number of benzene rings is 3. The lowest BCUT2D eigenvalue weighted by molar-refractivity contribution is 0.0521. The van der Waals surface area contributed by atoms with Gasteiger partial charge in [-0.1, -0.05) is 6.07 Å². The summed E-state index contributed by atoms with van der Waals surface area (Å²) in [5.74, 6) is -0.336. The summed E-state index contributed by atoms with van der Waals surface area (Å²) < 4.78 is 38.6. The lowest BCUT2D eigenvalue weighted by Crippen LogP contribution is -2.08. The molecule has 3 aromatic carbocycles. The Morgan fingerprint density at radius 3 is 2.32 bits per heavy atom. The van der Waals surface area contributed by atoms with Gasteiger partial charge in [-0.2, -0.15) is 0 Å². The summed E-state index contributed by atoms with van der Waals surface area (Å²) in [5, 5.41) is 10.4. The molecule has 0 aliphatic rings. The number of rotatable bonds is 8. The van der Waals surface area contributed by atoms with Crippen molar-refractivity contribution in [3.8, 4) is 17.2 Å². The number of ether oxygens (including phenoxy) is 2. The molecule has 0 heterocycles. The number of carbonyl (C=O) groups is 1. The maximum absolute atomic E-state index is 14.1. The van der Waals surface area contributed by atoms with E-state index in [1.54, 1.807) is 38.5 Å². The van der Waals surface area contributed by atoms with E-state index < -0.39 is 18.9 Å². The Morgan fingerprint density at radius 1 is 1.03 bits per heavy atom. The number of hydrogen-bond donors (Lipinski definition) is 1. The Bertz CT molecular complexity index is 1250. The Hall–Kier alpha value is -2.15. The van der Waals surface area contributed by atoms with Gasteiger partial charge in [0.25, 0.3) is 0 Å². The standard InChI is InChI=1S/C25H24Br2FO5P/c1-4-32-25(30)19-10-15(5-7-22(19)28)9-17-13-18(6-8-23(17)29)33-24-20(26)11-16(12-21(24)27)14-34(2,3)31/h5-8,10-13,29H,4,9,14H2,1-3H3. The smallest absolute Gasteiger partial charge is 0.341 e. The van der Waals surface area contributed by atoms with E-state index in [2.05, 4.69) is 31.9 Å². The molecule has 0 saturated carbocycles. The van der Waals surface area contributed by atoms with Gasteiger partial charge in [-0.15, -0.1) is 0 Å². The van der Waals surface area contributed by atoms with Crippen molar-refractivity contribution >= 4 is 45.0 Å². The van der Waals surface area contributed by atoms with Gasteiger partial charge < -0.3 is 19.1 Å². The summed E-state index contributed by atoms with van der Waals surface area (Å²) in [5.41, 5.74) is 1.94. The van der Waals surface area contributed by atoms with Crippen LogP contribution in [0.1, 0.15) is 34.0 Å². The van der Waals surface area contributed by atoms with Crippen LogP contribution in [0.2, 0.25) is 0 Å². The first-order valence-corrected chi connectivity index (χ1v) is 14.8. The monoisotopic (exact) mass is 612 g/mol. The molecule has 0 atom stereocenters. The molecule has 0 fully saturated rings. The van der Waals surface area contributed by atoms with Crippen LogP contribution >= 0.6 is 39.0 Å². The van der Waals surface area contributed by atoms with Gasteiger partial charge in [-0.25, -0.2) is 9.18 Å². The third-order valence-electron chi connectivity index (χ3n) is 4.81. The molecule has 3 aromatic rings. The van der Waals surface area contributed by atoms with E-state index in [1.807, 2.05) is 12.1 Å². The lowest BCUT2D eigenvalue weighted by atomic mass is 10.0. The van der Waals surface area contributed by atoms with Crippen molar-refractivity contribution in [2.24, 2.45) is 0 Å². The number of hydrogen-bond acceptors (Lipinski definition) is 5. The molecule has 0 radical (unpaired) electrons. The Labute approximate surface area is 214 Å². The predicted octanol–water partition coefficient (Wildman–Crippen LogP) is 7.74. The average molecular weight is 614 g/mol. The summed E-state index contributed by atoms with van der Waals surface area (Å²) in [6.07, 6.45) is 0.721. The fraction of sp³-hybridized carbons (Fsp3) is 0.240. The number of phenols is 1. The lowest BCUT2D eigenvalue weighted by Gasteiger charge is -2.15. The molecule has 0 aliphatic carbocycles. The summed E-state index contributed by atoms with van der Waals surface area (Å²) in [6.45, 7) is 5.28.